The van der Waals surface area contributed by atoms with E-state index < -0.39 is 11.8 Å². The normalized spacial score (nSPS) is 13.9. The molecule has 1 aliphatic carbocycles. The van der Waals surface area contributed by atoms with Crippen LogP contribution in [0.15, 0.2) is 72.8 Å². The summed E-state index contributed by atoms with van der Waals surface area (Å²) in [5, 5.41) is 0. The molecule has 4 rings (SSSR count). The lowest BCUT2D eigenvalue weighted by Gasteiger charge is -2.32. The number of hydrogen-bond donors (Lipinski definition) is 0. The molecule has 0 unspecified atom stereocenters. The molecular weight excluding hydrogens is 399 g/mol. The Morgan fingerprint density at radius 2 is 1.69 bits per heavy atom. The lowest BCUT2D eigenvalue weighted by Crippen LogP contribution is -2.21. The first-order chi connectivity index (χ1) is 15.4. The number of fused-ring (bicyclic) bond motifs is 1. The zero-order chi connectivity index (χ0) is 22.7. The first-order valence-electron chi connectivity index (χ1n) is 10.8. The number of esters is 1. The first kappa shape index (κ1) is 21.6. The van der Waals surface area contributed by atoms with Crippen LogP contribution in [-0.2, 0) is 10.2 Å². The molecule has 0 heterocycles. The summed E-state index contributed by atoms with van der Waals surface area (Å²) in [6.45, 7) is 6.40. The Balaban J connectivity index is 1.68. The van der Waals surface area contributed by atoms with Gasteiger partial charge in [0.05, 0.1) is 12.2 Å². The van der Waals surface area contributed by atoms with E-state index in [1.165, 1.54) is 34.4 Å². The molecular formula is C29H25FO2. The first-order valence-corrected chi connectivity index (χ1v) is 10.8. The van der Waals surface area contributed by atoms with Crippen molar-refractivity contribution in [3.8, 4) is 11.8 Å². The number of benzene rings is 3. The Bertz CT molecular complexity index is 1260. The topological polar surface area (TPSA) is 26.3 Å². The van der Waals surface area contributed by atoms with Gasteiger partial charge in [0.1, 0.15) is 5.82 Å². The second kappa shape index (κ2) is 8.85. The van der Waals surface area contributed by atoms with Crippen molar-refractivity contribution >= 4 is 11.5 Å². The summed E-state index contributed by atoms with van der Waals surface area (Å²) in [7, 11) is 0. The summed E-state index contributed by atoms with van der Waals surface area (Å²) < 4.78 is 19.2. The Morgan fingerprint density at radius 1 is 1.00 bits per heavy atom. The molecule has 0 aliphatic heterocycles. The van der Waals surface area contributed by atoms with Gasteiger partial charge < -0.3 is 4.74 Å². The third-order valence-electron chi connectivity index (χ3n) is 5.76. The van der Waals surface area contributed by atoms with Crippen LogP contribution < -0.4 is 0 Å². The summed E-state index contributed by atoms with van der Waals surface area (Å²) in [5.41, 5.74) is 6.22. The third-order valence-corrected chi connectivity index (χ3v) is 5.76. The van der Waals surface area contributed by atoms with Gasteiger partial charge in [0.2, 0.25) is 0 Å². The van der Waals surface area contributed by atoms with Gasteiger partial charge in [-0.1, -0.05) is 68.2 Å². The average molecular weight is 425 g/mol. The summed E-state index contributed by atoms with van der Waals surface area (Å²) in [6.07, 6.45) is 3.28. The van der Waals surface area contributed by atoms with Crippen LogP contribution in [0.2, 0.25) is 0 Å². The van der Waals surface area contributed by atoms with Gasteiger partial charge in [-0.2, -0.15) is 0 Å². The number of hydrogen-bond acceptors (Lipinski definition) is 2. The van der Waals surface area contributed by atoms with Crippen molar-refractivity contribution in [2.45, 2.75) is 32.6 Å². The van der Waals surface area contributed by atoms with E-state index in [1.807, 2.05) is 24.3 Å². The highest BCUT2D eigenvalue weighted by atomic mass is 19.1. The third kappa shape index (κ3) is 4.36. The fourth-order valence-electron chi connectivity index (χ4n) is 4.01. The standard InChI is InChI=1S/C29H25FO2/c1-4-32-28(31)24-14-12-21(19-27(24)30)11-10-20-13-15-26-25(18-20)23(16-17-29(26,2)3)22-8-6-5-7-9-22/h5-9,12-16,18-19H,4,17H2,1-3H3. The van der Waals surface area contributed by atoms with E-state index in [4.69, 9.17) is 4.74 Å². The number of ether oxygens (including phenoxy) is 1. The molecule has 0 bridgehead atoms. The van der Waals surface area contributed by atoms with Crippen LogP contribution in [0.25, 0.3) is 5.57 Å². The van der Waals surface area contributed by atoms with Gasteiger partial charge in [-0.05, 0) is 71.4 Å². The van der Waals surface area contributed by atoms with Crippen LogP contribution in [0.3, 0.4) is 0 Å². The predicted molar refractivity (Wildman–Crippen MR) is 126 cm³/mol. The smallest absolute Gasteiger partial charge is 0.341 e. The van der Waals surface area contributed by atoms with Gasteiger partial charge >= 0.3 is 5.97 Å². The monoisotopic (exact) mass is 424 g/mol. The molecule has 0 saturated heterocycles. The van der Waals surface area contributed by atoms with E-state index in [9.17, 15) is 9.18 Å². The van der Waals surface area contributed by atoms with Gasteiger partial charge in [0.15, 0.2) is 0 Å². The van der Waals surface area contributed by atoms with Crippen LogP contribution in [0, 0.1) is 17.7 Å². The fourth-order valence-corrected chi connectivity index (χ4v) is 4.01. The SMILES string of the molecule is CCOC(=O)c1ccc(C#Cc2ccc3c(c2)C(c2ccccc2)=CCC3(C)C)cc1F. The molecule has 0 aromatic heterocycles. The Labute approximate surface area is 188 Å². The van der Waals surface area contributed by atoms with Gasteiger partial charge in [-0.3, -0.25) is 0 Å². The molecule has 32 heavy (non-hydrogen) atoms. The second-order valence-electron chi connectivity index (χ2n) is 8.50. The van der Waals surface area contributed by atoms with Crippen molar-refractivity contribution in [3.63, 3.8) is 0 Å². The highest BCUT2D eigenvalue weighted by Crippen LogP contribution is 2.41. The number of carbonyl (C=O) groups excluding carboxylic acids is 1. The van der Waals surface area contributed by atoms with Gasteiger partial charge in [0.25, 0.3) is 0 Å². The van der Waals surface area contributed by atoms with E-state index >= 15 is 0 Å². The molecule has 0 fully saturated rings. The molecule has 3 aromatic rings. The van der Waals surface area contributed by atoms with Gasteiger partial charge in [-0.15, -0.1) is 0 Å². The van der Waals surface area contributed by atoms with Crippen molar-refractivity contribution < 1.29 is 13.9 Å². The minimum Gasteiger partial charge on any atom is -0.462 e. The average Bonchev–Trinajstić information content (AvgIpc) is 2.78. The zero-order valence-electron chi connectivity index (χ0n) is 18.5. The maximum Gasteiger partial charge on any atom is 0.341 e. The van der Waals surface area contributed by atoms with E-state index in [0.29, 0.717) is 5.56 Å². The summed E-state index contributed by atoms with van der Waals surface area (Å²) in [6, 6.07) is 21.0. The molecule has 0 N–H and O–H groups in total. The van der Waals surface area contributed by atoms with Crippen molar-refractivity contribution in [1.82, 2.24) is 0 Å². The number of allylic oxidation sites excluding steroid dienone is 1. The largest absolute Gasteiger partial charge is 0.462 e. The summed E-state index contributed by atoms with van der Waals surface area (Å²) in [4.78, 5) is 11.8. The highest BCUT2D eigenvalue weighted by Gasteiger charge is 2.28. The van der Waals surface area contributed by atoms with Crippen LogP contribution in [-0.4, -0.2) is 12.6 Å². The molecule has 160 valence electrons. The number of carbonyl (C=O) groups is 1. The summed E-state index contributed by atoms with van der Waals surface area (Å²) >= 11 is 0. The number of halogens is 1. The quantitative estimate of drug-likeness (QED) is 0.354. The molecule has 0 atom stereocenters. The minimum atomic E-state index is -0.665. The Hall–Kier alpha value is -3.64. The molecule has 3 aromatic carbocycles. The summed E-state index contributed by atoms with van der Waals surface area (Å²) in [5.74, 6) is 4.88. The van der Waals surface area contributed by atoms with Crippen molar-refractivity contribution in [2.24, 2.45) is 0 Å². The van der Waals surface area contributed by atoms with Gasteiger partial charge in [0, 0.05) is 11.1 Å². The maximum absolute atomic E-state index is 14.3. The van der Waals surface area contributed by atoms with Crippen LogP contribution >= 0.6 is 0 Å². The number of rotatable bonds is 3. The predicted octanol–water partition coefficient (Wildman–Crippen LogP) is 6.52. The molecule has 1 aliphatic rings. The molecule has 0 amide bonds. The molecule has 0 radical (unpaired) electrons. The van der Waals surface area contributed by atoms with Crippen LogP contribution in [0.4, 0.5) is 4.39 Å². The minimum absolute atomic E-state index is 0.0473. The van der Waals surface area contributed by atoms with Crippen molar-refractivity contribution in [2.75, 3.05) is 6.61 Å². The van der Waals surface area contributed by atoms with E-state index in [2.05, 4.69) is 56.0 Å². The Kier molecular flexibility index (Phi) is 5.97. The van der Waals surface area contributed by atoms with Crippen molar-refractivity contribution in [1.29, 1.82) is 0 Å². The zero-order valence-corrected chi connectivity index (χ0v) is 18.5. The fraction of sp³-hybridized carbons (Fsp3) is 0.207. The Morgan fingerprint density at radius 3 is 2.38 bits per heavy atom. The van der Waals surface area contributed by atoms with Crippen molar-refractivity contribution in [3.05, 3.63) is 112 Å². The van der Waals surface area contributed by atoms with E-state index in [0.717, 1.165) is 12.0 Å². The lowest BCUT2D eigenvalue weighted by molar-refractivity contribution is 0.0521. The highest BCUT2D eigenvalue weighted by molar-refractivity contribution is 5.90. The van der Waals surface area contributed by atoms with E-state index in [1.54, 1.807) is 13.0 Å². The van der Waals surface area contributed by atoms with Crippen LogP contribution in [0.5, 0.6) is 0 Å². The second-order valence-corrected chi connectivity index (χ2v) is 8.50. The van der Waals surface area contributed by atoms with E-state index in [-0.39, 0.29) is 17.6 Å². The lowest BCUT2D eigenvalue weighted by atomic mass is 9.72. The molecule has 0 spiro atoms. The van der Waals surface area contributed by atoms with Gasteiger partial charge in [-0.25, -0.2) is 9.18 Å². The van der Waals surface area contributed by atoms with Crippen LogP contribution in [0.1, 0.15) is 65.4 Å². The maximum atomic E-state index is 14.3. The molecule has 3 heteroatoms. The molecule has 2 nitrogen and oxygen atoms in total. The molecule has 0 saturated carbocycles.